The summed E-state index contributed by atoms with van der Waals surface area (Å²) in [6.45, 7) is 2.80. The van der Waals surface area contributed by atoms with Gasteiger partial charge in [0.05, 0.1) is 11.5 Å². The molecule has 0 spiro atoms. The van der Waals surface area contributed by atoms with Gasteiger partial charge < -0.3 is 41.4 Å². The van der Waals surface area contributed by atoms with Crippen LogP contribution in [-0.4, -0.2) is 67.3 Å². The second kappa shape index (κ2) is 17.6. The maximum Gasteiger partial charge on any atom is 1.00 e. The molecule has 0 aliphatic heterocycles. The van der Waals surface area contributed by atoms with E-state index in [4.69, 9.17) is 10.5 Å². The Bertz CT molecular complexity index is 1740. The zero-order chi connectivity index (χ0) is 35.0. The Labute approximate surface area is 306 Å². The first-order valence-corrected chi connectivity index (χ1v) is 16.7. The topological polar surface area (TPSA) is 229 Å². The molecule has 2 atom stereocenters. The largest absolute Gasteiger partial charge is 1.00 e. The fourth-order valence-electron chi connectivity index (χ4n) is 5.58. The monoisotopic (exact) mass is 703 g/mol. The summed E-state index contributed by atoms with van der Waals surface area (Å²) in [5.41, 5.74) is 9.06. The van der Waals surface area contributed by atoms with Crippen LogP contribution in [0.5, 0.6) is 0 Å². The van der Waals surface area contributed by atoms with Crippen molar-refractivity contribution in [2.45, 2.75) is 56.2 Å². The number of nitrogens with two attached hydrogens (primary N) is 1. The molecular formula is C33H38N5NaO9S. The van der Waals surface area contributed by atoms with E-state index in [1.807, 2.05) is 48.5 Å². The van der Waals surface area contributed by atoms with Gasteiger partial charge in [-0.1, -0.05) is 68.4 Å². The number of benzene rings is 3. The van der Waals surface area contributed by atoms with Crippen molar-refractivity contribution < 1.29 is 71.5 Å². The van der Waals surface area contributed by atoms with Crippen molar-refractivity contribution in [1.82, 2.24) is 16.0 Å². The van der Waals surface area contributed by atoms with E-state index in [0.29, 0.717) is 0 Å². The van der Waals surface area contributed by atoms with Crippen LogP contribution in [-0.2, 0) is 31.1 Å². The van der Waals surface area contributed by atoms with Gasteiger partial charge in [0.15, 0.2) is 0 Å². The minimum absolute atomic E-state index is 0. The van der Waals surface area contributed by atoms with Crippen molar-refractivity contribution in [3.63, 3.8) is 0 Å². The third-order valence-electron chi connectivity index (χ3n) is 7.94. The number of aliphatic hydroxyl groups excluding tert-OH is 1. The summed E-state index contributed by atoms with van der Waals surface area (Å²) in [5, 5.41) is 19.5. The number of alkyl carbamates (subject to hydrolysis) is 1. The first kappa shape index (κ1) is 39.4. The molecule has 1 aliphatic carbocycles. The number of hydrogen-bond acceptors (Lipinski definition) is 9. The summed E-state index contributed by atoms with van der Waals surface area (Å²) in [5.74, 6) is -2.08. The molecule has 49 heavy (non-hydrogen) atoms. The molecule has 0 saturated carbocycles. The molecule has 256 valence electrons. The third-order valence-corrected chi connectivity index (χ3v) is 8.86. The van der Waals surface area contributed by atoms with E-state index in [-0.39, 0.29) is 72.7 Å². The van der Waals surface area contributed by atoms with Gasteiger partial charge in [-0.3, -0.25) is 9.59 Å². The van der Waals surface area contributed by atoms with Crippen molar-refractivity contribution in [2.75, 3.05) is 18.5 Å². The molecule has 3 aromatic carbocycles. The minimum Gasteiger partial charge on any atom is -0.744 e. The molecular weight excluding hydrogens is 665 g/mol. The Morgan fingerprint density at radius 3 is 2.10 bits per heavy atom. The summed E-state index contributed by atoms with van der Waals surface area (Å²) >= 11 is 0. The van der Waals surface area contributed by atoms with Crippen LogP contribution in [0.25, 0.3) is 11.1 Å². The van der Waals surface area contributed by atoms with Gasteiger partial charge in [-0.05, 0) is 58.7 Å². The van der Waals surface area contributed by atoms with Gasteiger partial charge in [0, 0.05) is 18.2 Å². The molecule has 14 nitrogen and oxygen atoms in total. The van der Waals surface area contributed by atoms with Gasteiger partial charge in [0.1, 0.15) is 28.8 Å². The molecule has 0 aromatic heterocycles. The third kappa shape index (κ3) is 10.3. The first-order valence-electron chi connectivity index (χ1n) is 15.3. The van der Waals surface area contributed by atoms with Crippen LogP contribution in [0.1, 0.15) is 49.3 Å². The Kier molecular flexibility index (Phi) is 14.2. The number of rotatable bonds is 14. The summed E-state index contributed by atoms with van der Waals surface area (Å²) in [7, 11) is -4.98. The molecule has 0 unspecified atom stereocenters. The molecule has 0 saturated heterocycles. The van der Waals surface area contributed by atoms with Gasteiger partial charge in [0.25, 0.3) is 0 Å². The van der Waals surface area contributed by atoms with E-state index in [1.54, 1.807) is 13.8 Å². The van der Waals surface area contributed by atoms with E-state index < -0.39 is 63.6 Å². The number of fused-ring (bicyclic) bond motifs is 3. The summed E-state index contributed by atoms with van der Waals surface area (Å²) in [6, 6.07) is 16.0. The van der Waals surface area contributed by atoms with Crippen molar-refractivity contribution >= 4 is 39.7 Å². The predicted octanol–water partition coefficient (Wildman–Crippen LogP) is -0.478. The summed E-state index contributed by atoms with van der Waals surface area (Å²) in [6.07, 6.45) is -0.612. The van der Waals surface area contributed by atoms with Crippen LogP contribution in [0.15, 0.2) is 71.6 Å². The number of hydrogen-bond donors (Lipinski definition) is 6. The quantitative estimate of drug-likeness (QED) is 0.0723. The Balaban J connectivity index is 0.00000650. The van der Waals surface area contributed by atoms with E-state index in [1.165, 1.54) is 12.1 Å². The Hall–Kier alpha value is -3.99. The average Bonchev–Trinajstić information content (AvgIpc) is 3.36. The molecule has 1 aliphatic rings. The molecule has 0 heterocycles. The number of anilines is 1. The SMILES string of the molecule is CC(C)[C@H](NC(=O)OCC1c2ccccc2-c2ccccc21)C(=O)N[C@@H](CCCNC(N)=O)C(=O)Nc1ccc(CO)c(S(=O)(=O)[O-])c1.[Na+]. The summed E-state index contributed by atoms with van der Waals surface area (Å²) in [4.78, 5) is 50.2. The maximum absolute atomic E-state index is 13.5. The predicted molar refractivity (Wildman–Crippen MR) is 175 cm³/mol. The average molecular weight is 704 g/mol. The van der Waals surface area contributed by atoms with Crippen LogP contribution in [0.2, 0.25) is 0 Å². The maximum atomic E-state index is 13.5. The number of urea groups is 1. The first-order chi connectivity index (χ1) is 22.8. The molecule has 7 N–H and O–H groups in total. The number of carbonyl (C=O) groups is 4. The van der Waals surface area contributed by atoms with E-state index in [2.05, 4.69) is 21.3 Å². The van der Waals surface area contributed by atoms with Crippen LogP contribution in [0.4, 0.5) is 15.3 Å². The van der Waals surface area contributed by atoms with Gasteiger partial charge in [-0.2, -0.15) is 0 Å². The van der Waals surface area contributed by atoms with Crippen LogP contribution in [0, 0.1) is 5.92 Å². The zero-order valence-corrected chi connectivity index (χ0v) is 30.2. The van der Waals surface area contributed by atoms with Crippen LogP contribution in [0.3, 0.4) is 0 Å². The molecule has 4 rings (SSSR count). The fourth-order valence-corrected chi connectivity index (χ4v) is 6.30. The number of ether oxygens (including phenoxy) is 1. The Morgan fingerprint density at radius 2 is 1.55 bits per heavy atom. The molecule has 0 fully saturated rings. The second-order valence-electron chi connectivity index (χ2n) is 11.6. The molecule has 16 heteroatoms. The number of aliphatic hydroxyl groups is 1. The fraction of sp³-hybridized carbons (Fsp3) is 0.333. The van der Waals surface area contributed by atoms with Gasteiger partial charge >= 0.3 is 41.7 Å². The number of amides is 5. The minimum atomic E-state index is -4.98. The number of nitrogens with one attached hydrogen (secondary N) is 4. The summed E-state index contributed by atoms with van der Waals surface area (Å²) < 4.78 is 40.7. The number of primary amides is 1. The van der Waals surface area contributed by atoms with Crippen molar-refractivity contribution in [3.8, 4) is 11.1 Å². The van der Waals surface area contributed by atoms with Crippen molar-refractivity contribution in [3.05, 3.63) is 83.4 Å². The molecule has 0 bridgehead atoms. The van der Waals surface area contributed by atoms with Gasteiger partial charge in [-0.25, -0.2) is 18.0 Å². The van der Waals surface area contributed by atoms with E-state index >= 15 is 0 Å². The number of carbonyl (C=O) groups excluding carboxylic acids is 4. The van der Waals surface area contributed by atoms with E-state index in [0.717, 1.165) is 28.3 Å². The van der Waals surface area contributed by atoms with Crippen LogP contribution >= 0.6 is 0 Å². The van der Waals surface area contributed by atoms with Crippen LogP contribution < -0.4 is 56.6 Å². The standard InChI is InChI=1S/C33H39N5O9S.Na/c1-19(2)29(38-33(43)47-18-26-24-10-5-3-8-22(24)23-9-4-6-11-25(23)26)31(41)37-27(12-7-15-35-32(34)42)30(40)36-21-14-13-20(17-39)28(16-21)48(44,45)46;/h3-6,8-11,13-14,16,19,26-27,29,39H,7,12,15,17-18H2,1-2H3,(H,36,40)(H,37,41)(H,38,43)(H3,34,35,42)(H,44,45,46);/q;+1/p-1/t27-,29-;/m0./s1. The van der Waals surface area contributed by atoms with Crippen molar-refractivity contribution in [2.24, 2.45) is 11.7 Å². The normalized spacial score (nSPS) is 13.2. The second-order valence-corrected chi connectivity index (χ2v) is 13.0. The van der Waals surface area contributed by atoms with Gasteiger partial charge in [0.2, 0.25) is 11.8 Å². The van der Waals surface area contributed by atoms with Crippen molar-refractivity contribution in [1.29, 1.82) is 0 Å². The van der Waals surface area contributed by atoms with Gasteiger partial charge in [-0.15, -0.1) is 0 Å². The smallest absolute Gasteiger partial charge is 0.744 e. The molecule has 0 radical (unpaired) electrons. The molecule has 3 aromatic rings. The zero-order valence-electron chi connectivity index (χ0n) is 27.4. The molecule has 5 amide bonds. The van der Waals surface area contributed by atoms with E-state index in [9.17, 15) is 37.3 Å². The Morgan fingerprint density at radius 1 is 0.939 bits per heavy atom.